The maximum Gasteiger partial charge on any atom is 0.337 e. The van der Waals surface area contributed by atoms with Crippen LogP contribution in [0.5, 0.6) is 0 Å². The van der Waals surface area contributed by atoms with Crippen LogP contribution in [-0.2, 0) is 4.74 Å². The largest absolute Gasteiger partial charge is 0.465 e. The van der Waals surface area contributed by atoms with E-state index in [1.54, 1.807) is 30.5 Å². The van der Waals surface area contributed by atoms with Crippen molar-refractivity contribution in [2.75, 3.05) is 17.7 Å². The first-order valence-electron chi connectivity index (χ1n) is 8.75. The Morgan fingerprint density at radius 1 is 0.929 bits per heavy atom. The average Bonchev–Trinajstić information content (AvgIpc) is 2.70. The predicted octanol–water partition coefficient (Wildman–Crippen LogP) is 4.48. The van der Waals surface area contributed by atoms with Crippen LogP contribution in [0, 0.1) is 13.8 Å². The number of aryl methyl sites for hydroxylation is 2. The molecule has 0 fully saturated rings. The van der Waals surface area contributed by atoms with Gasteiger partial charge < -0.3 is 15.4 Å². The van der Waals surface area contributed by atoms with E-state index in [9.17, 15) is 9.59 Å². The second-order valence-electron chi connectivity index (χ2n) is 6.43. The van der Waals surface area contributed by atoms with Crippen LogP contribution in [0.15, 0.2) is 60.9 Å². The number of hydrogen-bond donors (Lipinski definition) is 2. The van der Waals surface area contributed by atoms with E-state index in [4.69, 9.17) is 4.74 Å². The predicted molar refractivity (Wildman–Crippen MR) is 109 cm³/mol. The average molecular weight is 375 g/mol. The van der Waals surface area contributed by atoms with Crippen LogP contribution in [0.1, 0.15) is 31.8 Å². The first-order chi connectivity index (χ1) is 13.5. The Hall–Kier alpha value is -3.67. The monoisotopic (exact) mass is 375 g/mol. The molecule has 28 heavy (non-hydrogen) atoms. The fraction of sp³-hybridized carbons (Fsp3) is 0.136. The highest BCUT2D eigenvalue weighted by molar-refractivity contribution is 6.05. The van der Waals surface area contributed by atoms with Gasteiger partial charge in [0.1, 0.15) is 0 Å². The van der Waals surface area contributed by atoms with Crippen LogP contribution >= 0.6 is 0 Å². The first-order valence-corrected chi connectivity index (χ1v) is 8.75. The summed E-state index contributed by atoms with van der Waals surface area (Å²) in [4.78, 5) is 28.4. The number of ether oxygens (including phenoxy) is 1. The number of pyridine rings is 1. The molecule has 1 heterocycles. The lowest BCUT2D eigenvalue weighted by Crippen LogP contribution is -2.13. The van der Waals surface area contributed by atoms with E-state index in [-0.39, 0.29) is 5.91 Å². The molecule has 0 atom stereocenters. The fourth-order valence-corrected chi connectivity index (χ4v) is 2.79. The van der Waals surface area contributed by atoms with Crippen molar-refractivity contribution in [2.24, 2.45) is 0 Å². The third kappa shape index (κ3) is 4.54. The van der Waals surface area contributed by atoms with E-state index in [2.05, 4.69) is 15.6 Å². The van der Waals surface area contributed by atoms with Crippen molar-refractivity contribution in [3.05, 3.63) is 83.2 Å². The van der Waals surface area contributed by atoms with Crippen LogP contribution in [0.2, 0.25) is 0 Å². The Morgan fingerprint density at radius 3 is 2.46 bits per heavy atom. The molecular weight excluding hydrogens is 354 g/mol. The van der Waals surface area contributed by atoms with Gasteiger partial charge >= 0.3 is 5.97 Å². The number of anilines is 3. The second kappa shape index (κ2) is 8.35. The highest BCUT2D eigenvalue weighted by Crippen LogP contribution is 2.20. The highest BCUT2D eigenvalue weighted by Gasteiger charge is 2.10. The van der Waals surface area contributed by atoms with Crippen molar-refractivity contribution in [3.63, 3.8) is 0 Å². The van der Waals surface area contributed by atoms with Crippen LogP contribution < -0.4 is 10.6 Å². The molecule has 0 aliphatic rings. The molecule has 0 radical (unpaired) electrons. The Balaban J connectivity index is 1.77. The van der Waals surface area contributed by atoms with Gasteiger partial charge in [0.25, 0.3) is 5.91 Å². The van der Waals surface area contributed by atoms with Gasteiger partial charge in [0, 0.05) is 17.6 Å². The topological polar surface area (TPSA) is 80.3 Å². The van der Waals surface area contributed by atoms with Gasteiger partial charge in [-0.1, -0.05) is 23.8 Å². The fourth-order valence-electron chi connectivity index (χ4n) is 2.79. The maximum atomic E-state index is 12.6. The Morgan fingerprint density at radius 2 is 1.71 bits per heavy atom. The van der Waals surface area contributed by atoms with Crippen molar-refractivity contribution in [1.82, 2.24) is 4.98 Å². The van der Waals surface area contributed by atoms with Crippen LogP contribution in [0.4, 0.5) is 17.1 Å². The van der Waals surface area contributed by atoms with Gasteiger partial charge in [0.2, 0.25) is 0 Å². The summed E-state index contributed by atoms with van der Waals surface area (Å²) in [5.41, 5.74) is 5.08. The number of nitrogens with one attached hydrogen (secondary N) is 2. The zero-order valence-electron chi connectivity index (χ0n) is 15.9. The molecule has 3 aromatic rings. The third-order valence-electron chi connectivity index (χ3n) is 4.20. The Labute approximate surface area is 163 Å². The highest BCUT2D eigenvalue weighted by atomic mass is 16.5. The molecule has 1 amide bonds. The minimum atomic E-state index is -0.414. The van der Waals surface area contributed by atoms with E-state index in [0.717, 1.165) is 16.8 Å². The number of carbonyl (C=O) groups is 2. The molecule has 0 bridgehead atoms. The number of benzene rings is 2. The molecule has 6 nitrogen and oxygen atoms in total. The minimum Gasteiger partial charge on any atom is -0.465 e. The van der Waals surface area contributed by atoms with E-state index in [1.807, 2.05) is 38.1 Å². The summed E-state index contributed by atoms with van der Waals surface area (Å²) < 4.78 is 4.73. The molecule has 0 saturated carbocycles. The number of methoxy groups -OCH3 is 1. The second-order valence-corrected chi connectivity index (χ2v) is 6.43. The smallest absolute Gasteiger partial charge is 0.337 e. The Kier molecular flexibility index (Phi) is 5.69. The van der Waals surface area contributed by atoms with Crippen molar-refractivity contribution in [1.29, 1.82) is 0 Å². The van der Waals surface area contributed by atoms with E-state index >= 15 is 0 Å². The number of aromatic nitrogens is 1. The summed E-state index contributed by atoms with van der Waals surface area (Å²) in [5, 5.41) is 6.06. The molecular formula is C22H21N3O3. The molecule has 1 aromatic heterocycles. The quantitative estimate of drug-likeness (QED) is 0.643. The number of amides is 1. The first kappa shape index (κ1) is 19.1. The van der Waals surface area contributed by atoms with Gasteiger partial charge in [-0.15, -0.1) is 0 Å². The summed E-state index contributed by atoms with van der Waals surface area (Å²) in [5.74, 6) is -0.658. The standard InChI is InChI=1S/C22H21N3O3/c1-14-7-8-20(15(2)9-14)25-21(26)17-11-19(13-23-12-17)24-18-6-4-5-16(10-18)22(27)28-3/h4-13,24H,1-3H3,(H,25,26). The number of rotatable bonds is 5. The number of esters is 1. The summed E-state index contributed by atoms with van der Waals surface area (Å²) >= 11 is 0. The van der Waals surface area contributed by atoms with Crippen molar-refractivity contribution in [2.45, 2.75) is 13.8 Å². The summed E-state index contributed by atoms with van der Waals surface area (Å²) in [6, 6.07) is 14.5. The molecule has 0 aliphatic heterocycles. The molecule has 3 rings (SSSR count). The van der Waals surface area contributed by atoms with E-state index < -0.39 is 5.97 Å². The van der Waals surface area contributed by atoms with Crippen LogP contribution in [-0.4, -0.2) is 24.0 Å². The van der Waals surface area contributed by atoms with Crippen molar-refractivity contribution >= 4 is 28.9 Å². The lowest BCUT2D eigenvalue weighted by molar-refractivity contribution is 0.0600. The molecule has 6 heteroatoms. The third-order valence-corrected chi connectivity index (χ3v) is 4.20. The Bertz CT molecular complexity index is 1030. The van der Waals surface area contributed by atoms with Crippen LogP contribution in [0.25, 0.3) is 0 Å². The van der Waals surface area contributed by atoms with Gasteiger partial charge in [-0.2, -0.15) is 0 Å². The maximum absolute atomic E-state index is 12.6. The molecule has 0 saturated heterocycles. The zero-order chi connectivity index (χ0) is 20.1. The lowest BCUT2D eigenvalue weighted by atomic mass is 10.1. The van der Waals surface area contributed by atoms with E-state index in [1.165, 1.54) is 13.3 Å². The molecule has 2 N–H and O–H groups in total. The van der Waals surface area contributed by atoms with Crippen molar-refractivity contribution < 1.29 is 14.3 Å². The SMILES string of the molecule is COC(=O)c1cccc(Nc2cncc(C(=O)Nc3ccc(C)cc3C)c2)c1. The number of carbonyl (C=O) groups excluding carboxylic acids is 2. The van der Waals surface area contributed by atoms with Gasteiger partial charge in [-0.05, 0) is 49.7 Å². The summed E-state index contributed by atoms with van der Waals surface area (Å²) in [6.07, 6.45) is 3.12. The van der Waals surface area contributed by atoms with Crippen molar-refractivity contribution in [3.8, 4) is 0 Å². The van der Waals surface area contributed by atoms with Gasteiger partial charge in [0.15, 0.2) is 0 Å². The molecule has 142 valence electrons. The lowest BCUT2D eigenvalue weighted by Gasteiger charge is -2.11. The van der Waals surface area contributed by atoms with Gasteiger partial charge in [-0.25, -0.2) is 4.79 Å². The number of nitrogens with zero attached hydrogens (tertiary/aromatic N) is 1. The zero-order valence-corrected chi connectivity index (χ0v) is 15.9. The van der Waals surface area contributed by atoms with Crippen LogP contribution in [0.3, 0.4) is 0 Å². The normalized spacial score (nSPS) is 10.2. The molecule has 0 aliphatic carbocycles. The minimum absolute atomic E-state index is 0.244. The molecule has 0 unspecified atom stereocenters. The van der Waals surface area contributed by atoms with E-state index in [0.29, 0.717) is 22.5 Å². The number of hydrogen-bond acceptors (Lipinski definition) is 5. The molecule has 2 aromatic carbocycles. The van der Waals surface area contributed by atoms with Gasteiger partial charge in [0.05, 0.1) is 30.1 Å². The summed E-state index contributed by atoms with van der Waals surface area (Å²) in [6.45, 7) is 3.96. The molecule has 0 spiro atoms. The van der Waals surface area contributed by atoms with Gasteiger partial charge in [-0.3, -0.25) is 9.78 Å². The summed E-state index contributed by atoms with van der Waals surface area (Å²) in [7, 11) is 1.34.